The summed E-state index contributed by atoms with van der Waals surface area (Å²) in [4.78, 5) is 4.04. The van der Waals surface area contributed by atoms with E-state index in [1.165, 1.54) is 33.5 Å². The molecule has 0 aliphatic carbocycles. The topological polar surface area (TPSA) is 111 Å². The number of pyridine rings is 1. The van der Waals surface area contributed by atoms with Crippen molar-refractivity contribution >= 4 is 19.9 Å². The van der Waals surface area contributed by atoms with Gasteiger partial charge in [-0.05, 0) is 47.9 Å². The highest BCUT2D eigenvalue weighted by molar-refractivity contribution is 7.90. The van der Waals surface area contributed by atoms with Crippen LogP contribution in [0.1, 0.15) is 11.3 Å². The van der Waals surface area contributed by atoms with E-state index in [-0.39, 0.29) is 28.6 Å². The fourth-order valence-electron chi connectivity index (χ4n) is 4.17. The van der Waals surface area contributed by atoms with Crippen LogP contribution in [0.4, 0.5) is 8.78 Å². The molecule has 0 amide bonds. The molecule has 0 saturated carbocycles. The standard InChI is InChI=1S/C25H22F2N4O5S2/c1-37(32,33)25-11-19(36-20-9-18(12-28-13-20)16-3-5-21(26)22(27)10-16)4-6-24(25)31-14-17-7-8-30(38(2,34)35)15-23(17)29-31/h3-6,9-14H,7-8,15H2,1-2H3. The lowest BCUT2D eigenvalue weighted by Crippen LogP contribution is -2.34. The van der Waals surface area contributed by atoms with Crippen LogP contribution in [0.25, 0.3) is 16.8 Å². The maximum atomic E-state index is 13.7. The summed E-state index contributed by atoms with van der Waals surface area (Å²) < 4.78 is 84.9. The number of fused-ring (bicyclic) bond motifs is 1. The fraction of sp³-hybridized carbons (Fsp3) is 0.200. The van der Waals surface area contributed by atoms with Gasteiger partial charge in [0.2, 0.25) is 10.0 Å². The number of hydrogen-bond donors (Lipinski definition) is 0. The van der Waals surface area contributed by atoms with E-state index in [1.54, 1.807) is 24.4 Å². The van der Waals surface area contributed by atoms with E-state index < -0.39 is 31.5 Å². The number of aromatic nitrogens is 3. The lowest BCUT2D eigenvalue weighted by molar-refractivity contribution is 0.390. The maximum Gasteiger partial charge on any atom is 0.211 e. The third-order valence-electron chi connectivity index (χ3n) is 6.08. The minimum Gasteiger partial charge on any atom is -0.456 e. The summed E-state index contributed by atoms with van der Waals surface area (Å²) in [5, 5.41) is 4.47. The van der Waals surface area contributed by atoms with E-state index in [4.69, 9.17) is 4.74 Å². The van der Waals surface area contributed by atoms with Gasteiger partial charge in [-0.1, -0.05) is 6.07 Å². The molecule has 0 spiro atoms. The summed E-state index contributed by atoms with van der Waals surface area (Å²) in [5.41, 5.74) is 2.55. The average molecular weight is 561 g/mol. The number of rotatable bonds is 6. The molecular formula is C25H22F2N4O5S2. The molecule has 38 heavy (non-hydrogen) atoms. The highest BCUT2D eigenvalue weighted by Gasteiger charge is 2.27. The Morgan fingerprint density at radius 1 is 0.895 bits per heavy atom. The molecule has 0 saturated heterocycles. The first-order valence-electron chi connectivity index (χ1n) is 11.3. The van der Waals surface area contributed by atoms with Crippen molar-refractivity contribution in [2.75, 3.05) is 19.1 Å². The summed E-state index contributed by atoms with van der Waals surface area (Å²) in [6.45, 7) is 0.429. The molecule has 2 aromatic heterocycles. The molecule has 1 aliphatic heterocycles. The molecule has 2 aromatic carbocycles. The Morgan fingerprint density at radius 2 is 1.68 bits per heavy atom. The first kappa shape index (κ1) is 25.9. The summed E-state index contributed by atoms with van der Waals surface area (Å²) in [6.07, 6.45) is 7.24. The smallest absolute Gasteiger partial charge is 0.211 e. The number of benzene rings is 2. The zero-order chi connectivity index (χ0) is 27.2. The van der Waals surface area contributed by atoms with Crippen LogP contribution in [0.3, 0.4) is 0 Å². The minimum absolute atomic E-state index is 0.0421. The van der Waals surface area contributed by atoms with Crippen molar-refractivity contribution in [2.24, 2.45) is 0 Å². The summed E-state index contributed by atoms with van der Waals surface area (Å²) >= 11 is 0. The van der Waals surface area contributed by atoms with Crippen molar-refractivity contribution in [1.29, 1.82) is 0 Å². The maximum absolute atomic E-state index is 13.7. The van der Waals surface area contributed by atoms with Crippen molar-refractivity contribution in [3.8, 4) is 28.3 Å². The molecule has 0 bridgehead atoms. The lowest BCUT2D eigenvalue weighted by Gasteiger charge is -2.23. The van der Waals surface area contributed by atoms with Crippen molar-refractivity contribution in [2.45, 2.75) is 17.9 Å². The first-order valence-corrected chi connectivity index (χ1v) is 15.1. The lowest BCUT2D eigenvalue weighted by atomic mass is 10.1. The van der Waals surface area contributed by atoms with Crippen molar-refractivity contribution < 1.29 is 30.4 Å². The van der Waals surface area contributed by atoms with E-state index >= 15 is 0 Å². The molecule has 198 valence electrons. The average Bonchev–Trinajstić information content (AvgIpc) is 3.28. The third kappa shape index (κ3) is 5.30. The molecule has 0 unspecified atom stereocenters. The van der Waals surface area contributed by atoms with Crippen LogP contribution in [0.15, 0.2) is 66.0 Å². The van der Waals surface area contributed by atoms with Crippen LogP contribution in [0.2, 0.25) is 0 Å². The molecule has 3 heterocycles. The molecule has 1 aliphatic rings. The van der Waals surface area contributed by atoms with Crippen LogP contribution in [-0.2, 0) is 32.8 Å². The van der Waals surface area contributed by atoms with Crippen LogP contribution in [0.5, 0.6) is 11.5 Å². The number of ether oxygens (including phenoxy) is 1. The van der Waals surface area contributed by atoms with Crippen LogP contribution < -0.4 is 4.74 Å². The van der Waals surface area contributed by atoms with Gasteiger partial charge in [-0.3, -0.25) is 4.98 Å². The van der Waals surface area contributed by atoms with Gasteiger partial charge in [-0.2, -0.15) is 9.40 Å². The van der Waals surface area contributed by atoms with Gasteiger partial charge < -0.3 is 4.74 Å². The Kier molecular flexibility index (Phi) is 6.53. The Morgan fingerprint density at radius 3 is 2.39 bits per heavy atom. The Bertz CT molecular complexity index is 1770. The van der Waals surface area contributed by atoms with Gasteiger partial charge in [-0.15, -0.1) is 0 Å². The molecular weight excluding hydrogens is 538 g/mol. The molecule has 0 atom stereocenters. The quantitative estimate of drug-likeness (QED) is 0.353. The predicted octanol–water partition coefficient (Wildman–Crippen LogP) is 3.73. The Labute approximate surface area is 218 Å². The number of hydrogen-bond acceptors (Lipinski definition) is 7. The van der Waals surface area contributed by atoms with Gasteiger partial charge in [0.1, 0.15) is 11.5 Å². The molecule has 13 heteroatoms. The number of nitrogens with zero attached hydrogens (tertiary/aromatic N) is 4. The second-order valence-electron chi connectivity index (χ2n) is 8.93. The van der Waals surface area contributed by atoms with Crippen LogP contribution >= 0.6 is 0 Å². The second kappa shape index (κ2) is 9.57. The zero-order valence-electron chi connectivity index (χ0n) is 20.3. The second-order valence-corrected chi connectivity index (χ2v) is 12.9. The van der Waals surface area contributed by atoms with E-state index in [9.17, 15) is 25.6 Å². The first-order chi connectivity index (χ1) is 17.9. The molecule has 0 N–H and O–H groups in total. The van der Waals surface area contributed by atoms with E-state index in [2.05, 4.69) is 10.1 Å². The van der Waals surface area contributed by atoms with E-state index in [1.807, 2.05) is 0 Å². The SMILES string of the molecule is CS(=O)(=O)c1cc(Oc2cncc(-c3ccc(F)c(F)c3)c2)ccc1-n1cc2c(n1)CN(S(C)(=O)=O)CC2. The number of sulfone groups is 1. The van der Waals surface area contributed by atoms with Gasteiger partial charge in [0, 0.05) is 36.8 Å². The normalized spacial score (nSPS) is 14.3. The number of halogens is 2. The molecule has 4 aromatic rings. The van der Waals surface area contributed by atoms with E-state index in [0.717, 1.165) is 30.2 Å². The van der Waals surface area contributed by atoms with Crippen LogP contribution in [0, 0.1) is 11.6 Å². The number of sulfonamides is 1. The third-order valence-corrected chi connectivity index (χ3v) is 8.46. The molecule has 0 fully saturated rings. The van der Waals surface area contributed by atoms with Crippen LogP contribution in [-0.4, -0.2) is 55.0 Å². The van der Waals surface area contributed by atoms with Gasteiger partial charge in [0.15, 0.2) is 21.5 Å². The molecule has 5 rings (SSSR count). The van der Waals surface area contributed by atoms with Crippen molar-refractivity contribution in [1.82, 2.24) is 19.1 Å². The molecule has 9 nitrogen and oxygen atoms in total. The minimum atomic E-state index is -3.73. The Balaban J connectivity index is 1.46. The molecule has 0 radical (unpaired) electrons. The monoisotopic (exact) mass is 560 g/mol. The summed E-state index contributed by atoms with van der Waals surface area (Å²) in [7, 11) is -7.12. The Hall–Kier alpha value is -3.68. The van der Waals surface area contributed by atoms with Gasteiger partial charge in [-0.25, -0.2) is 30.3 Å². The van der Waals surface area contributed by atoms with Gasteiger partial charge in [0.25, 0.3) is 0 Å². The largest absolute Gasteiger partial charge is 0.456 e. The van der Waals surface area contributed by atoms with E-state index in [0.29, 0.717) is 29.8 Å². The van der Waals surface area contributed by atoms with Crippen molar-refractivity contribution in [3.05, 3.63) is 83.9 Å². The fourth-order valence-corrected chi connectivity index (χ4v) is 5.82. The summed E-state index contributed by atoms with van der Waals surface area (Å²) in [5.74, 6) is -1.49. The van der Waals surface area contributed by atoms with Crippen molar-refractivity contribution in [3.63, 3.8) is 0 Å². The zero-order valence-corrected chi connectivity index (χ0v) is 21.9. The highest BCUT2D eigenvalue weighted by Crippen LogP contribution is 2.31. The predicted molar refractivity (Wildman–Crippen MR) is 135 cm³/mol. The highest BCUT2D eigenvalue weighted by atomic mass is 32.2. The summed E-state index contributed by atoms with van der Waals surface area (Å²) in [6, 6.07) is 9.52. The van der Waals surface area contributed by atoms with Gasteiger partial charge >= 0.3 is 0 Å². The van der Waals surface area contributed by atoms with Gasteiger partial charge in [0.05, 0.1) is 35.3 Å².